The zero-order valence-corrected chi connectivity index (χ0v) is 50.9. The number of carbonyl (C=O) groups is 1. The van der Waals surface area contributed by atoms with Crippen molar-refractivity contribution in [2.24, 2.45) is 0 Å². The van der Waals surface area contributed by atoms with Gasteiger partial charge in [0.05, 0.1) is 25.4 Å². The van der Waals surface area contributed by atoms with Gasteiger partial charge in [-0.3, -0.25) is 4.79 Å². The SMILES string of the molecule is CC/C=C\C/C=C\C/C=C\C/C=C\C/C=C\C/C=C\C/C=C\CCCCCCCCCCCCCCCCCC(=O)NC(COC1OC(CO)C(O)C(O)C1O)C(O)/C=C/CCCCCCCCCCCCCCCCCCC. The molecule has 9 heteroatoms. The Morgan fingerprint density at radius 2 is 0.785 bits per heavy atom. The third-order valence-electron chi connectivity index (χ3n) is 15.2. The van der Waals surface area contributed by atoms with Gasteiger partial charge in [0, 0.05) is 6.42 Å². The molecule has 456 valence electrons. The van der Waals surface area contributed by atoms with Gasteiger partial charge < -0.3 is 40.3 Å². The molecule has 1 rings (SSSR count). The second-order valence-corrected chi connectivity index (χ2v) is 22.5. The first-order valence-electron chi connectivity index (χ1n) is 33.0. The maximum absolute atomic E-state index is 13.1. The van der Waals surface area contributed by atoms with E-state index in [1.54, 1.807) is 6.08 Å². The highest BCUT2D eigenvalue weighted by atomic mass is 16.7. The first-order chi connectivity index (χ1) is 38.8. The molecule has 1 fully saturated rings. The molecule has 1 heterocycles. The van der Waals surface area contributed by atoms with E-state index in [-0.39, 0.29) is 12.5 Å². The predicted molar refractivity (Wildman–Crippen MR) is 336 cm³/mol. The molecule has 0 spiro atoms. The van der Waals surface area contributed by atoms with Crippen LogP contribution in [0, 0.1) is 0 Å². The van der Waals surface area contributed by atoms with Crippen LogP contribution in [-0.4, -0.2) is 87.5 Å². The van der Waals surface area contributed by atoms with Crippen LogP contribution in [0.2, 0.25) is 0 Å². The highest BCUT2D eigenvalue weighted by molar-refractivity contribution is 5.76. The summed E-state index contributed by atoms with van der Waals surface area (Å²) < 4.78 is 11.3. The van der Waals surface area contributed by atoms with E-state index >= 15 is 0 Å². The summed E-state index contributed by atoms with van der Waals surface area (Å²) in [7, 11) is 0. The Labute approximate surface area is 485 Å². The van der Waals surface area contributed by atoms with Crippen molar-refractivity contribution in [3.63, 3.8) is 0 Å². The lowest BCUT2D eigenvalue weighted by Gasteiger charge is -2.40. The topological polar surface area (TPSA) is 149 Å². The fraction of sp³-hybridized carbons (Fsp3) is 0.757. The number of rotatable bonds is 56. The Kier molecular flexibility index (Phi) is 54.7. The Morgan fingerprint density at radius 1 is 0.443 bits per heavy atom. The fourth-order valence-electron chi connectivity index (χ4n) is 10.0. The standard InChI is InChI=1S/C70H123NO8/c1-3-5-7-9-11-13-15-17-19-21-23-24-25-26-27-28-29-30-31-32-33-34-35-36-37-38-39-40-42-44-46-48-50-52-54-56-58-60-66(74)71-63(62-78-70-69(77)68(76)67(75)65(61-72)79-70)64(73)59-57-55-53-51-49-47-45-43-41-22-20-18-16-14-12-10-8-6-4-2/h5,7,11,13,17,19,23-24,26-27,29-30,32-33,57,59,63-65,67-70,72-73,75-77H,3-4,6,8-10,12,14-16,18,20-22,25,28,31,34-56,58,60-62H2,1-2H3,(H,71,74)/b7-5-,13-11-,19-17-,24-23-,27-26-,30-29-,33-32-,59-57+. The molecule has 1 aliphatic rings. The predicted octanol–water partition coefficient (Wildman–Crippen LogP) is 17.5. The number of carbonyl (C=O) groups excluding carboxylic acids is 1. The van der Waals surface area contributed by atoms with E-state index in [0.29, 0.717) is 6.42 Å². The van der Waals surface area contributed by atoms with Crippen molar-refractivity contribution in [3.05, 3.63) is 97.2 Å². The van der Waals surface area contributed by atoms with Crippen LogP contribution in [0.4, 0.5) is 0 Å². The van der Waals surface area contributed by atoms with E-state index in [2.05, 4.69) is 104 Å². The number of aliphatic hydroxyl groups excluding tert-OH is 5. The lowest BCUT2D eigenvalue weighted by Crippen LogP contribution is -2.60. The van der Waals surface area contributed by atoms with Gasteiger partial charge >= 0.3 is 0 Å². The second kappa shape index (κ2) is 58.3. The van der Waals surface area contributed by atoms with E-state index in [4.69, 9.17) is 9.47 Å². The molecule has 0 aromatic heterocycles. The Morgan fingerprint density at radius 3 is 1.16 bits per heavy atom. The van der Waals surface area contributed by atoms with Crippen molar-refractivity contribution in [1.82, 2.24) is 5.32 Å². The summed E-state index contributed by atoms with van der Waals surface area (Å²) in [6.07, 6.45) is 77.7. The molecular formula is C70H123NO8. The molecule has 79 heavy (non-hydrogen) atoms. The van der Waals surface area contributed by atoms with Gasteiger partial charge in [-0.05, 0) is 77.0 Å². The van der Waals surface area contributed by atoms with E-state index in [0.717, 1.165) is 83.5 Å². The molecule has 0 aromatic carbocycles. The summed E-state index contributed by atoms with van der Waals surface area (Å²) in [5.41, 5.74) is 0. The van der Waals surface area contributed by atoms with Crippen molar-refractivity contribution in [1.29, 1.82) is 0 Å². The maximum atomic E-state index is 13.1. The van der Waals surface area contributed by atoms with Crippen molar-refractivity contribution >= 4 is 5.91 Å². The largest absolute Gasteiger partial charge is 0.394 e. The van der Waals surface area contributed by atoms with Gasteiger partial charge in [0.15, 0.2) is 6.29 Å². The summed E-state index contributed by atoms with van der Waals surface area (Å²) in [5, 5.41) is 54.7. The number of hydrogen-bond donors (Lipinski definition) is 6. The normalized spacial score (nSPS) is 19.2. The van der Waals surface area contributed by atoms with Crippen LogP contribution in [0.1, 0.15) is 284 Å². The smallest absolute Gasteiger partial charge is 0.220 e. The average Bonchev–Trinajstić information content (AvgIpc) is 3.46. The number of aliphatic hydroxyl groups is 5. The van der Waals surface area contributed by atoms with Gasteiger partial charge in [-0.2, -0.15) is 0 Å². The number of hydrogen-bond acceptors (Lipinski definition) is 8. The minimum Gasteiger partial charge on any atom is -0.394 e. The molecule has 1 saturated heterocycles. The van der Waals surface area contributed by atoms with Crippen molar-refractivity contribution < 1.29 is 39.8 Å². The summed E-state index contributed by atoms with van der Waals surface area (Å²) in [6.45, 7) is 3.68. The number of amides is 1. The Hall–Kier alpha value is -2.89. The first-order valence-corrected chi connectivity index (χ1v) is 33.0. The van der Waals surface area contributed by atoms with E-state index in [1.807, 2.05) is 6.08 Å². The molecule has 1 amide bonds. The van der Waals surface area contributed by atoms with Crippen molar-refractivity contribution in [2.45, 2.75) is 326 Å². The summed E-state index contributed by atoms with van der Waals surface area (Å²) in [6, 6.07) is -0.810. The zero-order chi connectivity index (χ0) is 57.2. The van der Waals surface area contributed by atoms with Crippen LogP contribution >= 0.6 is 0 Å². The quantitative estimate of drug-likeness (QED) is 0.0261. The van der Waals surface area contributed by atoms with Crippen LogP contribution in [0.15, 0.2) is 97.2 Å². The molecule has 6 N–H and O–H groups in total. The Bertz CT molecular complexity index is 1560. The van der Waals surface area contributed by atoms with E-state index in [1.165, 1.54) is 180 Å². The lowest BCUT2D eigenvalue weighted by molar-refractivity contribution is -0.302. The molecule has 0 bridgehead atoms. The van der Waals surface area contributed by atoms with Crippen molar-refractivity contribution in [2.75, 3.05) is 13.2 Å². The van der Waals surface area contributed by atoms with Gasteiger partial charge in [0.1, 0.15) is 24.4 Å². The van der Waals surface area contributed by atoms with Gasteiger partial charge in [0.2, 0.25) is 5.91 Å². The molecule has 0 aliphatic carbocycles. The third kappa shape index (κ3) is 47.3. The number of ether oxygens (including phenoxy) is 2. The van der Waals surface area contributed by atoms with E-state index in [9.17, 15) is 30.3 Å². The highest BCUT2D eigenvalue weighted by Gasteiger charge is 2.44. The molecule has 0 saturated carbocycles. The monoisotopic (exact) mass is 1110 g/mol. The molecule has 1 aliphatic heterocycles. The summed E-state index contributed by atoms with van der Waals surface area (Å²) >= 11 is 0. The van der Waals surface area contributed by atoms with Crippen LogP contribution in [0.25, 0.3) is 0 Å². The number of nitrogens with one attached hydrogen (secondary N) is 1. The Balaban J connectivity index is 2.13. The van der Waals surface area contributed by atoms with Gasteiger partial charge in [-0.25, -0.2) is 0 Å². The first kappa shape index (κ1) is 74.1. The van der Waals surface area contributed by atoms with E-state index < -0.39 is 49.5 Å². The van der Waals surface area contributed by atoms with Gasteiger partial charge in [-0.1, -0.05) is 297 Å². The molecule has 9 nitrogen and oxygen atoms in total. The maximum Gasteiger partial charge on any atom is 0.220 e. The van der Waals surface area contributed by atoms with Crippen LogP contribution in [0.3, 0.4) is 0 Å². The third-order valence-corrected chi connectivity index (χ3v) is 15.2. The zero-order valence-electron chi connectivity index (χ0n) is 50.9. The lowest BCUT2D eigenvalue weighted by atomic mass is 9.99. The minimum absolute atomic E-state index is 0.177. The highest BCUT2D eigenvalue weighted by Crippen LogP contribution is 2.23. The van der Waals surface area contributed by atoms with Crippen LogP contribution in [0.5, 0.6) is 0 Å². The molecule has 0 radical (unpaired) electrons. The van der Waals surface area contributed by atoms with Crippen LogP contribution in [-0.2, 0) is 14.3 Å². The second-order valence-electron chi connectivity index (χ2n) is 22.5. The summed E-state index contributed by atoms with van der Waals surface area (Å²) in [4.78, 5) is 13.1. The fourth-order valence-corrected chi connectivity index (χ4v) is 10.0. The summed E-state index contributed by atoms with van der Waals surface area (Å²) in [5.74, 6) is -0.177. The van der Waals surface area contributed by atoms with Crippen LogP contribution < -0.4 is 5.32 Å². The number of unbranched alkanes of at least 4 members (excludes halogenated alkanes) is 32. The van der Waals surface area contributed by atoms with Gasteiger partial charge in [-0.15, -0.1) is 0 Å². The average molecular weight is 1110 g/mol. The van der Waals surface area contributed by atoms with Crippen molar-refractivity contribution in [3.8, 4) is 0 Å². The molecular weight excluding hydrogens is 983 g/mol. The molecule has 7 unspecified atom stereocenters. The molecule has 0 aromatic rings. The molecule has 7 atom stereocenters. The minimum atomic E-state index is -1.57. The number of allylic oxidation sites excluding steroid dienone is 15. The van der Waals surface area contributed by atoms with Gasteiger partial charge in [0.25, 0.3) is 0 Å².